The number of carbonyl (C=O) groups excluding carboxylic acids is 1. The van der Waals surface area contributed by atoms with Crippen LogP contribution in [0.5, 0.6) is 0 Å². The molecule has 0 saturated carbocycles. The first kappa shape index (κ1) is 20.4. The molecule has 0 fully saturated rings. The zero-order valence-electron chi connectivity index (χ0n) is 13.3. The van der Waals surface area contributed by atoms with Crippen molar-refractivity contribution < 1.29 is 26.6 Å². The first-order valence-corrected chi connectivity index (χ1v) is 7.03. The Morgan fingerprint density at radius 3 is 2.14 bits per heavy atom. The molecule has 120 valence electrons. The second-order valence-electron chi connectivity index (χ2n) is 4.83. The largest absolute Gasteiger partial charge is 2.00 e. The minimum absolute atomic E-state index is 0. The molecule has 0 spiro atoms. The fourth-order valence-corrected chi connectivity index (χ4v) is 1.74. The van der Waals surface area contributed by atoms with Crippen LogP contribution in [0, 0.1) is 0 Å². The molecule has 4 heteroatoms. The quantitative estimate of drug-likeness (QED) is 0.361. The van der Waals surface area contributed by atoms with E-state index in [4.69, 9.17) is 4.74 Å². The zero-order chi connectivity index (χ0) is 15.5. The Morgan fingerprint density at radius 2 is 1.64 bits per heavy atom. The summed E-state index contributed by atoms with van der Waals surface area (Å²) in [7, 11) is 4.15. The van der Waals surface area contributed by atoms with E-state index in [1.807, 2.05) is 24.3 Å². The van der Waals surface area contributed by atoms with Gasteiger partial charge in [0.15, 0.2) is 0 Å². The van der Waals surface area contributed by atoms with Gasteiger partial charge < -0.3 is 9.64 Å². The Morgan fingerprint density at radius 1 is 1.09 bits per heavy atom. The molecule has 0 aromatic heterocycles. The average molecular weight is 341 g/mol. The van der Waals surface area contributed by atoms with E-state index in [9.17, 15) is 4.79 Å². The minimum Gasteiger partial charge on any atom is -0.470 e. The summed E-state index contributed by atoms with van der Waals surface area (Å²) >= 11 is 0. The molecular weight excluding hydrogens is 318 g/mol. The van der Waals surface area contributed by atoms with Gasteiger partial charge in [0, 0.05) is 0 Å². The Bertz CT molecular complexity index is 513. The Kier molecular flexibility index (Phi) is 11.1. The van der Waals surface area contributed by atoms with Gasteiger partial charge in [0.1, 0.15) is 0 Å². The van der Waals surface area contributed by atoms with Gasteiger partial charge in [0.2, 0.25) is 0 Å². The molecule has 2 aromatic carbocycles. The van der Waals surface area contributed by atoms with Crippen molar-refractivity contribution >= 4 is 12.0 Å². The summed E-state index contributed by atoms with van der Waals surface area (Å²) in [6.45, 7) is 3.26. The molecule has 2 aromatic rings. The maximum Gasteiger partial charge on any atom is 2.00 e. The normalized spacial score (nSPS) is 10.0. The summed E-state index contributed by atoms with van der Waals surface area (Å²) in [6.07, 6.45) is 3.16. The second kappa shape index (κ2) is 12.0. The van der Waals surface area contributed by atoms with E-state index in [0.717, 1.165) is 12.1 Å². The van der Waals surface area contributed by atoms with Crippen LogP contribution < -0.4 is 0 Å². The van der Waals surface area contributed by atoms with Gasteiger partial charge in [0.05, 0.1) is 6.61 Å². The summed E-state index contributed by atoms with van der Waals surface area (Å²) in [5.74, 6) is -0.293. The molecule has 0 radical (unpaired) electrons. The van der Waals surface area contributed by atoms with Crippen molar-refractivity contribution in [3.05, 3.63) is 65.7 Å². The van der Waals surface area contributed by atoms with Gasteiger partial charge in [-0.25, -0.2) is 12.1 Å². The average Bonchev–Trinajstić information content (AvgIpc) is 3.09. The van der Waals surface area contributed by atoms with Gasteiger partial charge in [-0.1, -0.05) is 0 Å². The molecule has 22 heavy (non-hydrogen) atoms. The van der Waals surface area contributed by atoms with E-state index in [2.05, 4.69) is 43.3 Å². The van der Waals surface area contributed by atoms with Crippen LogP contribution in [0.25, 0.3) is 6.08 Å². The van der Waals surface area contributed by atoms with E-state index in [1.165, 1.54) is 11.6 Å². The molecule has 0 aliphatic carbocycles. The molecule has 0 N–H and O–H groups in total. The molecule has 0 saturated heterocycles. The molecule has 3 nitrogen and oxygen atoms in total. The van der Waals surface area contributed by atoms with E-state index < -0.39 is 0 Å². The van der Waals surface area contributed by atoms with Gasteiger partial charge in [-0.3, -0.25) is 4.79 Å². The van der Waals surface area contributed by atoms with Crippen molar-refractivity contribution in [2.24, 2.45) is 0 Å². The van der Waals surface area contributed by atoms with Crippen molar-refractivity contribution in [2.45, 2.75) is 13.5 Å². The Balaban J connectivity index is 0.000000397. The number of nitrogens with zero attached hydrogens (tertiary/aromatic N) is 1. The first-order valence-electron chi connectivity index (χ1n) is 7.03. The smallest absolute Gasteiger partial charge is 0.470 e. The summed E-state index contributed by atoms with van der Waals surface area (Å²) in [4.78, 5) is 13.0. The third-order valence-corrected chi connectivity index (χ3v) is 2.62. The monoisotopic (exact) mass is 341 g/mol. The van der Waals surface area contributed by atoms with Crippen LogP contribution in [0.2, 0.25) is 0 Å². The van der Waals surface area contributed by atoms with Crippen molar-refractivity contribution in [1.82, 2.24) is 4.90 Å². The molecule has 2 rings (SSSR count). The SMILES string of the molecule is CCOC(=O)C=C[c-]1cccc1.CN(C)C[c-]1cccc1.[Fe+2]. The fourth-order valence-electron chi connectivity index (χ4n) is 1.74. The predicted octanol–water partition coefficient (Wildman–Crippen LogP) is 3.45. The standard InChI is InChI=1S/C10H11O2.C8H12N.Fe/c1-2-12-10(11)8-7-9-5-3-4-6-9;1-9(2)7-8-5-3-4-6-8;/h3-8H,2H2,1H3;3-6H,7H2,1-2H3;/q2*-1;+2. The molecule has 0 heterocycles. The van der Waals surface area contributed by atoms with Crippen molar-refractivity contribution in [2.75, 3.05) is 20.7 Å². The van der Waals surface area contributed by atoms with Crippen LogP contribution >= 0.6 is 0 Å². The van der Waals surface area contributed by atoms with Crippen LogP contribution in [-0.2, 0) is 33.1 Å². The van der Waals surface area contributed by atoms with Gasteiger partial charge in [0.25, 0.3) is 5.97 Å². The molecule has 0 amide bonds. The van der Waals surface area contributed by atoms with Crippen LogP contribution in [0.15, 0.2) is 54.6 Å². The number of hydrogen-bond donors (Lipinski definition) is 0. The number of ether oxygens (including phenoxy) is 1. The van der Waals surface area contributed by atoms with Crippen molar-refractivity contribution in [1.29, 1.82) is 0 Å². The van der Waals surface area contributed by atoms with Crippen LogP contribution in [0.1, 0.15) is 18.1 Å². The number of rotatable bonds is 5. The van der Waals surface area contributed by atoms with Crippen LogP contribution in [0.3, 0.4) is 0 Å². The molecular formula is C18H23FeNO2. The van der Waals surface area contributed by atoms with Crippen LogP contribution in [-0.4, -0.2) is 31.6 Å². The van der Waals surface area contributed by atoms with Gasteiger partial charge >= 0.3 is 17.1 Å². The van der Waals surface area contributed by atoms with E-state index in [1.54, 1.807) is 13.0 Å². The first-order chi connectivity index (χ1) is 10.1. The number of esters is 1. The third kappa shape index (κ3) is 9.35. The zero-order valence-corrected chi connectivity index (χ0v) is 14.4. The van der Waals surface area contributed by atoms with Crippen molar-refractivity contribution in [3.8, 4) is 0 Å². The third-order valence-electron chi connectivity index (χ3n) is 2.62. The van der Waals surface area contributed by atoms with Gasteiger partial charge in [-0.05, 0) is 33.6 Å². The molecule has 0 bridgehead atoms. The van der Waals surface area contributed by atoms with E-state index in [0.29, 0.717) is 6.61 Å². The molecule has 0 unspecified atom stereocenters. The maximum absolute atomic E-state index is 10.8. The number of hydrogen-bond acceptors (Lipinski definition) is 3. The van der Waals surface area contributed by atoms with Crippen molar-refractivity contribution in [3.63, 3.8) is 0 Å². The maximum atomic E-state index is 10.8. The Hall–Kier alpha value is -1.61. The predicted molar refractivity (Wildman–Crippen MR) is 87.1 cm³/mol. The summed E-state index contributed by atoms with van der Waals surface area (Å²) in [5, 5.41) is 0. The minimum atomic E-state index is -0.293. The van der Waals surface area contributed by atoms with E-state index in [-0.39, 0.29) is 23.0 Å². The Labute approximate surface area is 143 Å². The molecule has 0 atom stereocenters. The van der Waals surface area contributed by atoms with Crippen LogP contribution in [0.4, 0.5) is 0 Å². The van der Waals surface area contributed by atoms with E-state index >= 15 is 0 Å². The van der Waals surface area contributed by atoms with Gasteiger partial charge in [-0.2, -0.15) is 24.3 Å². The molecule has 0 aliphatic rings. The number of carbonyl (C=O) groups is 1. The van der Waals surface area contributed by atoms with Gasteiger partial charge in [-0.15, -0.1) is 29.3 Å². The summed E-state index contributed by atoms with van der Waals surface area (Å²) < 4.78 is 4.71. The molecule has 0 aliphatic heterocycles. The second-order valence-corrected chi connectivity index (χ2v) is 4.83. The fraction of sp³-hybridized carbons (Fsp3) is 0.278. The topological polar surface area (TPSA) is 29.5 Å². The summed E-state index contributed by atoms with van der Waals surface area (Å²) in [6, 6.07) is 16.1. The summed E-state index contributed by atoms with van der Waals surface area (Å²) in [5.41, 5.74) is 2.41.